The normalized spacial score (nSPS) is 13.0. The molecule has 18 heavy (non-hydrogen) atoms. The third-order valence-corrected chi connectivity index (χ3v) is 3.27. The zero-order chi connectivity index (χ0) is 13.3. The number of benzene rings is 1. The third kappa shape index (κ3) is 2.57. The van der Waals surface area contributed by atoms with Gasteiger partial charge in [0.05, 0.1) is 11.4 Å². The molecule has 0 aliphatic carbocycles. The molecule has 0 spiro atoms. The van der Waals surface area contributed by atoms with E-state index in [2.05, 4.69) is 18.9 Å². The van der Waals surface area contributed by atoms with E-state index in [0.717, 1.165) is 16.9 Å². The Balaban J connectivity index is 2.36. The fourth-order valence-electron chi connectivity index (χ4n) is 1.82. The fraction of sp³-hybridized carbons (Fsp3) is 0.357. The van der Waals surface area contributed by atoms with E-state index >= 15 is 0 Å². The van der Waals surface area contributed by atoms with Crippen LogP contribution in [0.2, 0.25) is 5.02 Å². The molecule has 0 amide bonds. The molecule has 1 heterocycles. The van der Waals surface area contributed by atoms with Gasteiger partial charge in [-0.15, -0.1) is 0 Å². The zero-order valence-corrected chi connectivity index (χ0v) is 11.6. The van der Waals surface area contributed by atoms with Crippen molar-refractivity contribution >= 4 is 11.6 Å². The first-order chi connectivity index (χ1) is 8.49. The average molecular weight is 264 g/mol. The van der Waals surface area contributed by atoms with Crippen molar-refractivity contribution in [2.45, 2.75) is 32.7 Å². The summed E-state index contributed by atoms with van der Waals surface area (Å²) in [4.78, 5) is 0. The number of hydrogen-bond donors (Lipinski definition) is 1. The molecule has 96 valence electrons. The first-order valence-electron chi connectivity index (χ1n) is 6.10. The molecule has 2 N–H and O–H groups in total. The summed E-state index contributed by atoms with van der Waals surface area (Å²) in [5.74, 6) is 0.421. The minimum Gasteiger partial charge on any atom is -0.324 e. The Labute approximate surface area is 113 Å². The molecular formula is C14H18ClN3. The number of rotatable bonds is 3. The highest BCUT2D eigenvalue weighted by Crippen LogP contribution is 2.24. The van der Waals surface area contributed by atoms with Crippen molar-refractivity contribution in [3.05, 3.63) is 46.7 Å². The van der Waals surface area contributed by atoms with Gasteiger partial charge in [0.15, 0.2) is 0 Å². The van der Waals surface area contributed by atoms with Gasteiger partial charge < -0.3 is 5.73 Å². The van der Waals surface area contributed by atoms with Crippen LogP contribution in [0.3, 0.4) is 0 Å². The molecule has 4 heteroatoms. The standard InChI is InChI=1S/C14H18ClN3/c1-9(2)14-6-7-18(17-14)11-4-5-12(10(3)16)13(15)8-11/h4-10H,16H2,1-3H3. The topological polar surface area (TPSA) is 43.8 Å². The van der Waals surface area contributed by atoms with E-state index in [4.69, 9.17) is 17.3 Å². The van der Waals surface area contributed by atoms with Crippen LogP contribution >= 0.6 is 11.6 Å². The Morgan fingerprint density at radius 3 is 2.44 bits per heavy atom. The highest BCUT2D eigenvalue weighted by atomic mass is 35.5. The van der Waals surface area contributed by atoms with Crippen LogP contribution in [0.5, 0.6) is 0 Å². The van der Waals surface area contributed by atoms with Gasteiger partial charge in [0.25, 0.3) is 0 Å². The van der Waals surface area contributed by atoms with Crippen LogP contribution in [0.25, 0.3) is 5.69 Å². The summed E-state index contributed by atoms with van der Waals surface area (Å²) in [6.07, 6.45) is 1.95. The average Bonchev–Trinajstić information content (AvgIpc) is 2.77. The van der Waals surface area contributed by atoms with E-state index in [-0.39, 0.29) is 6.04 Å². The van der Waals surface area contributed by atoms with Gasteiger partial charge in [-0.2, -0.15) is 5.10 Å². The lowest BCUT2D eigenvalue weighted by molar-refractivity contribution is 0.766. The Bertz CT molecular complexity index is 544. The molecule has 0 fully saturated rings. The van der Waals surface area contributed by atoms with Crippen molar-refractivity contribution in [1.82, 2.24) is 9.78 Å². The van der Waals surface area contributed by atoms with Crippen molar-refractivity contribution in [2.75, 3.05) is 0 Å². The minimum atomic E-state index is -0.0598. The molecule has 1 aromatic heterocycles. The highest BCUT2D eigenvalue weighted by molar-refractivity contribution is 6.31. The number of nitrogens with zero attached hydrogens (tertiary/aromatic N) is 2. The predicted octanol–water partition coefficient (Wildman–Crippen LogP) is 3.67. The fourth-order valence-corrected chi connectivity index (χ4v) is 2.16. The molecule has 0 radical (unpaired) electrons. The summed E-state index contributed by atoms with van der Waals surface area (Å²) in [5, 5.41) is 5.21. The third-order valence-electron chi connectivity index (χ3n) is 2.94. The maximum absolute atomic E-state index is 6.22. The second-order valence-electron chi connectivity index (χ2n) is 4.83. The van der Waals surface area contributed by atoms with Crippen molar-refractivity contribution < 1.29 is 0 Å². The lowest BCUT2D eigenvalue weighted by Gasteiger charge is -2.10. The molecule has 1 atom stereocenters. The largest absolute Gasteiger partial charge is 0.324 e. The highest BCUT2D eigenvalue weighted by Gasteiger charge is 2.09. The SMILES string of the molecule is CC(C)c1ccn(-c2ccc(C(C)N)c(Cl)c2)n1. The summed E-state index contributed by atoms with van der Waals surface area (Å²) in [6, 6.07) is 7.81. The van der Waals surface area contributed by atoms with Crippen molar-refractivity contribution in [2.24, 2.45) is 5.73 Å². The van der Waals surface area contributed by atoms with Gasteiger partial charge in [0.2, 0.25) is 0 Å². The number of aromatic nitrogens is 2. The second kappa shape index (κ2) is 5.12. The van der Waals surface area contributed by atoms with Gasteiger partial charge in [-0.3, -0.25) is 0 Å². The summed E-state index contributed by atoms with van der Waals surface area (Å²) in [6.45, 7) is 6.17. The summed E-state index contributed by atoms with van der Waals surface area (Å²) >= 11 is 6.22. The van der Waals surface area contributed by atoms with E-state index < -0.39 is 0 Å². The number of nitrogens with two attached hydrogens (primary N) is 1. The molecule has 1 aromatic carbocycles. The van der Waals surface area contributed by atoms with Crippen LogP contribution in [-0.2, 0) is 0 Å². The molecule has 2 aromatic rings. The quantitative estimate of drug-likeness (QED) is 0.918. The summed E-state index contributed by atoms with van der Waals surface area (Å²) in [5.41, 5.74) is 8.82. The summed E-state index contributed by atoms with van der Waals surface area (Å²) < 4.78 is 1.84. The van der Waals surface area contributed by atoms with Crippen molar-refractivity contribution in [3.63, 3.8) is 0 Å². The van der Waals surface area contributed by atoms with Gasteiger partial charge in [-0.25, -0.2) is 4.68 Å². The van der Waals surface area contributed by atoms with E-state index in [0.29, 0.717) is 10.9 Å². The Morgan fingerprint density at radius 2 is 1.94 bits per heavy atom. The number of halogens is 1. The Hall–Kier alpha value is -1.32. The second-order valence-corrected chi connectivity index (χ2v) is 5.24. The molecule has 2 rings (SSSR count). The zero-order valence-electron chi connectivity index (χ0n) is 10.9. The lowest BCUT2D eigenvalue weighted by Crippen LogP contribution is -2.06. The van der Waals surface area contributed by atoms with Crippen LogP contribution in [-0.4, -0.2) is 9.78 Å². The molecule has 0 aliphatic heterocycles. The van der Waals surface area contributed by atoms with Gasteiger partial charge in [-0.05, 0) is 36.6 Å². The molecule has 0 saturated heterocycles. The van der Waals surface area contributed by atoms with Crippen molar-refractivity contribution in [1.29, 1.82) is 0 Å². The Kier molecular flexibility index (Phi) is 3.73. The van der Waals surface area contributed by atoms with Crippen LogP contribution in [0.4, 0.5) is 0 Å². The maximum atomic E-state index is 6.22. The van der Waals surface area contributed by atoms with Gasteiger partial charge >= 0.3 is 0 Å². The Morgan fingerprint density at radius 1 is 1.22 bits per heavy atom. The first kappa shape index (κ1) is 13.1. The molecule has 0 aliphatic rings. The monoisotopic (exact) mass is 263 g/mol. The van der Waals surface area contributed by atoms with Gasteiger partial charge in [0.1, 0.15) is 0 Å². The van der Waals surface area contributed by atoms with Gasteiger partial charge in [-0.1, -0.05) is 31.5 Å². The van der Waals surface area contributed by atoms with Crippen LogP contribution in [0.1, 0.15) is 44.0 Å². The van der Waals surface area contributed by atoms with E-state index in [9.17, 15) is 0 Å². The smallest absolute Gasteiger partial charge is 0.0660 e. The molecule has 3 nitrogen and oxygen atoms in total. The van der Waals surface area contributed by atoms with E-state index in [1.807, 2.05) is 42.1 Å². The van der Waals surface area contributed by atoms with Crippen LogP contribution in [0, 0.1) is 0 Å². The summed E-state index contributed by atoms with van der Waals surface area (Å²) in [7, 11) is 0. The van der Waals surface area contributed by atoms with E-state index in [1.54, 1.807) is 0 Å². The molecular weight excluding hydrogens is 246 g/mol. The maximum Gasteiger partial charge on any atom is 0.0660 e. The molecule has 1 unspecified atom stereocenters. The first-order valence-corrected chi connectivity index (χ1v) is 6.48. The van der Waals surface area contributed by atoms with Crippen LogP contribution < -0.4 is 5.73 Å². The van der Waals surface area contributed by atoms with Crippen LogP contribution in [0.15, 0.2) is 30.5 Å². The molecule has 0 saturated carbocycles. The van der Waals surface area contributed by atoms with Gasteiger partial charge in [0, 0.05) is 17.3 Å². The molecule has 0 bridgehead atoms. The van der Waals surface area contributed by atoms with Crippen molar-refractivity contribution in [3.8, 4) is 5.69 Å². The predicted molar refractivity (Wildman–Crippen MR) is 75.3 cm³/mol. The number of hydrogen-bond acceptors (Lipinski definition) is 2. The lowest BCUT2D eigenvalue weighted by atomic mass is 10.1. The van der Waals surface area contributed by atoms with E-state index in [1.165, 1.54) is 0 Å². The minimum absolute atomic E-state index is 0.0598.